The molecule has 0 spiro atoms. The van der Waals surface area contributed by atoms with Crippen molar-refractivity contribution in [2.75, 3.05) is 7.11 Å². The van der Waals surface area contributed by atoms with Gasteiger partial charge in [0.25, 0.3) is 5.88 Å². The highest BCUT2D eigenvalue weighted by molar-refractivity contribution is 5.70. The highest BCUT2D eigenvalue weighted by atomic mass is 16.5. The summed E-state index contributed by atoms with van der Waals surface area (Å²) in [7, 11) is 1.61. The van der Waals surface area contributed by atoms with Crippen molar-refractivity contribution in [3.63, 3.8) is 0 Å². The Morgan fingerprint density at radius 1 is 1.35 bits per heavy atom. The SMILES string of the molecule is COc1ccc(COc2cc(C=O)on2)cc1. The number of carbonyl (C=O) groups is 1. The molecule has 0 aliphatic rings. The lowest BCUT2D eigenvalue weighted by atomic mass is 10.2. The van der Waals surface area contributed by atoms with E-state index in [1.165, 1.54) is 6.07 Å². The summed E-state index contributed by atoms with van der Waals surface area (Å²) in [4.78, 5) is 10.4. The fraction of sp³-hybridized carbons (Fsp3) is 0.167. The molecule has 0 bridgehead atoms. The number of hydrogen-bond donors (Lipinski definition) is 0. The summed E-state index contributed by atoms with van der Waals surface area (Å²) in [6, 6.07) is 8.91. The molecule has 0 saturated carbocycles. The molecule has 0 unspecified atom stereocenters. The number of rotatable bonds is 5. The second-order valence-electron chi connectivity index (χ2n) is 3.32. The van der Waals surface area contributed by atoms with Crippen LogP contribution in [0.5, 0.6) is 11.6 Å². The van der Waals surface area contributed by atoms with Gasteiger partial charge in [0.2, 0.25) is 5.76 Å². The molecular formula is C12H11NO4. The van der Waals surface area contributed by atoms with Gasteiger partial charge in [-0.15, -0.1) is 0 Å². The second-order valence-corrected chi connectivity index (χ2v) is 3.32. The van der Waals surface area contributed by atoms with Gasteiger partial charge < -0.3 is 14.0 Å². The van der Waals surface area contributed by atoms with E-state index in [2.05, 4.69) is 9.68 Å². The van der Waals surface area contributed by atoms with E-state index in [1.54, 1.807) is 7.11 Å². The largest absolute Gasteiger partial charge is 0.497 e. The Balaban J connectivity index is 1.94. The van der Waals surface area contributed by atoms with E-state index in [4.69, 9.17) is 9.47 Å². The standard InChI is InChI=1S/C12H11NO4/c1-15-10-4-2-9(3-5-10)8-16-12-6-11(7-14)17-13-12/h2-7H,8H2,1H3. The molecule has 0 aliphatic carbocycles. The number of carbonyl (C=O) groups excluding carboxylic acids is 1. The molecule has 5 heteroatoms. The first kappa shape index (κ1) is 11.2. The Labute approximate surface area is 97.9 Å². The van der Waals surface area contributed by atoms with Crippen LogP contribution in [0, 0.1) is 0 Å². The highest BCUT2D eigenvalue weighted by Gasteiger charge is 2.03. The fourth-order valence-electron chi connectivity index (χ4n) is 1.27. The molecule has 0 fully saturated rings. The molecule has 1 aromatic carbocycles. The molecular weight excluding hydrogens is 222 g/mol. The van der Waals surface area contributed by atoms with Crippen molar-refractivity contribution in [1.82, 2.24) is 5.16 Å². The van der Waals surface area contributed by atoms with E-state index in [-0.39, 0.29) is 5.76 Å². The Morgan fingerprint density at radius 2 is 2.12 bits per heavy atom. The van der Waals surface area contributed by atoms with E-state index in [1.807, 2.05) is 24.3 Å². The fourth-order valence-corrected chi connectivity index (χ4v) is 1.27. The van der Waals surface area contributed by atoms with Gasteiger partial charge in [0.05, 0.1) is 13.2 Å². The van der Waals surface area contributed by atoms with Crippen LogP contribution in [-0.4, -0.2) is 18.6 Å². The van der Waals surface area contributed by atoms with E-state index >= 15 is 0 Å². The van der Waals surface area contributed by atoms with Gasteiger partial charge in [0.15, 0.2) is 6.29 Å². The van der Waals surface area contributed by atoms with Gasteiger partial charge in [-0.05, 0) is 22.9 Å². The minimum absolute atomic E-state index is 0.148. The van der Waals surface area contributed by atoms with Crippen LogP contribution < -0.4 is 9.47 Å². The number of hydrogen-bond acceptors (Lipinski definition) is 5. The molecule has 0 atom stereocenters. The maximum absolute atomic E-state index is 10.4. The lowest BCUT2D eigenvalue weighted by molar-refractivity contribution is 0.109. The zero-order valence-corrected chi connectivity index (χ0v) is 9.25. The van der Waals surface area contributed by atoms with Gasteiger partial charge in [0, 0.05) is 0 Å². The number of aromatic nitrogens is 1. The normalized spacial score (nSPS) is 9.94. The average Bonchev–Trinajstić information content (AvgIpc) is 2.85. The average molecular weight is 233 g/mol. The van der Waals surface area contributed by atoms with Crippen LogP contribution in [0.2, 0.25) is 0 Å². The van der Waals surface area contributed by atoms with E-state index in [0.717, 1.165) is 11.3 Å². The van der Waals surface area contributed by atoms with Crippen molar-refractivity contribution in [2.24, 2.45) is 0 Å². The first-order chi connectivity index (χ1) is 8.31. The molecule has 2 aromatic rings. The van der Waals surface area contributed by atoms with E-state index in [0.29, 0.717) is 18.8 Å². The summed E-state index contributed by atoms with van der Waals surface area (Å²) >= 11 is 0. The molecule has 0 N–H and O–H groups in total. The predicted octanol–water partition coefficient (Wildman–Crippen LogP) is 2.07. The lowest BCUT2D eigenvalue weighted by Crippen LogP contribution is -1.95. The van der Waals surface area contributed by atoms with Crippen molar-refractivity contribution < 1.29 is 18.8 Å². The number of benzene rings is 1. The minimum atomic E-state index is 0.148. The monoisotopic (exact) mass is 233 g/mol. The molecule has 2 rings (SSSR count). The van der Waals surface area contributed by atoms with Crippen LogP contribution in [0.25, 0.3) is 0 Å². The van der Waals surface area contributed by atoms with Crippen LogP contribution in [0.4, 0.5) is 0 Å². The van der Waals surface area contributed by atoms with Crippen LogP contribution in [0.3, 0.4) is 0 Å². The number of nitrogens with zero attached hydrogens (tertiary/aromatic N) is 1. The number of ether oxygens (including phenoxy) is 2. The third-order valence-electron chi connectivity index (χ3n) is 2.17. The molecule has 5 nitrogen and oxygen atoms in total. The molecule has 1 heterocycles. The Kier molecular flexibility index (Phi) is 3.40. The molecule has 0 aliphatic heterocycles. The minimum Gasteiger partial charge on any atom is -0.497 e. The number of methoxy groups -OCH3 is 1. The predicted molar refractivity (Wildman–Crippen MR) is 59.2 cm³/mol. The summed E-state index contributed by atoms with van der Waals surface area (Å²) in [6.07, 6.45) is 0.577. The Bertz CT molecular complexity index is 489. The lowest BCUT2D eigenvalue weighted by Gasteiger charge is -2.03. The zero-order chi connectivity index (χ0) is 12.1. The van der Waals surface area contributed by atoms with Gasteiger partial charge >= 0.3 is 0 Å². The van der Waals surface area contributed by atoms with Crippen LogP contribution in [0.1, 0.15) is 16.1 Å². The van der Waals surface area contributed by atoms with Crippen molar-refractivity contribution >= 4 is 6.29 Å². The molecule has 17 heavy (non-hydrogen) atoms. The highest BCUT2D eigenvalue weighted by Crippen LogP contribution is 2.14. The zero-order valence-electron chi connectivity index (χ0n) is 9.25. The third-order valence-corrected chi connectivity index (χ3v) is 2.17. The first-order valence-electron chi connectivity index (χ1n) is 4.99. The van der Waals surface area contributed by atoms with Gasteiger partial charge in [-0.3, -0.25) is 4.79 Å². The van der Waals surface area contributed by atoms with Gasteiger partial charge in [-0.25, -0.2) is 0 Å². The van der Waals surface area contributed by atoms with Crippen LogP contribution in [-0.2, 0) is 6.61 Å². The first-order valence-corrected chi connectivity index (χ1v) is 4.99. The van der Waals surface area contributed by atoms with E-state index in [9.17, 15) is 4.79 Å². The Morgan fingerprint density at radius 3 is 2.71 bits per heavy atom. The smallest absolute Gasteiger partial charge is 0.255 e. The molecule has 88 valence electrons. The molecule has 0 saturated heterocycles. The number of aldehydes is 1. The van der Waals surface area contributed by atoms with Crippen LogP contribution in [0.15, 0.2) is 34.9 Å². The van der Waals surface area contributed by atoms with Crippen molar-refractivity contribution in [3.8, 4) is 11.6 Å². The van der Waals surface area contributed by atoms with Crippen molar-refractivity contribution in [1.29, 1.82) is 0 Å². The van der Waals surface area contributed by atoms with Crippen LogP contribution >= 0.6 is 0 Å². The van der Waals surface area contributed by atoms with Crippen molar-refractivity contribution in [2.45, 2.75) is 6.61 Å². The topological polar surface area (TPSA) is 61.6 Å². The molecule has 0 amide bonds. The van der Waals surface area contributed by atoms with Gasteiger partial charge in [0.1, 0.15) is 12.4 Å². The Hall–Kier alpha value is -2.30. The second kappa shape index (κ2) is 5.16. The maximum atomic E-state index is 10.4. The van der Waals surface area contributed by atoms with Gasteiger partial charge in [-0.1, -0.05) is 12.1 Å². The molecule has 1 aromatic heterocycles. The summed E-state index contributed by atoms with van der Waals surface area (Å²) in [6.45, 7) is 0.356. The van der Waals surface area contributed by atoms with Gasteiger partial charge in [-0.2, -0.15) is 0 Å². The summed E-state index contributed by atoms with van der Waals surface area (Å²) in [5.41, 5.74) is 0.974. The van der Waals surface area contributed by atoms with Crippen molar-refractivity contribution in [3.05, 3.63) is 41.7 Å². The summed E-state index contributed by atoms with van der Waals surface area (Å²) in [5, 5.41) is 3.58. The summed E-state index contributed by atoms with van der Waals surface area (Å²) in [5.74, 6) is 1.23. The molecule has 0 radical (unpaired) electrons. The third kappa shape index (κ3) is 2.84. The maximum Gasteiger partial charge on any atom is 0.255 e. The van der Waals surface area contributed by atoms with E-state index < -0.39 is 0 Å². The summed E-state index contributed by atoms with van der Waals surface area (Å²) < 4.78 is 15.1. The quantitative estimate of drug-likeness (QED) is 0.740.